The largest absolute Gasteiger partial charge is 0.573 e. The second-order valence-corrected chi connectivity index (χ2v) is 5.55. The number of hydrogen-bond donors (Lipinski definition) is 2. The summed E-state index contributed by atoms with van der Waals surface area (Å²) in [5.41, 5.74) is 1.04. The maximum Gasteiger partial charge on any atom is 0.573 e. The van der Waals surface area contributed by atoms with Crippen LogP contribution >= 0.6 is 0 Å². The lowest BCUT2D eigenvalue weighted by molar-refractivity contribution is -0.274. The van der Waals surface area contributed by atoms with Crippen molar-refractivity contribution in [2.45, 2.75) is 19.2 Å². The molecule has 0 aliphatic carbocycles. The zero-order valence-electron chi connectivity index (χ0n) is 13.5. The van der Waals surface area contributed by atoms with Crippen LogP contribution in [-0.4, -0.2) is 23.3 Å². The minimum Gasteiger partial charge on any atom is -0.481 e. The molecule has 2 rings (SSSR count). The fourth-order valence-corrected chi connectivity index (χ4v) is 2.32. The Morgan fingerprint density at radius 1 is 1.04 bits per heavy atom. The minimum absolute atomic E-state index is 0.196. The number of nitrogens with one attached hydrogen (secondary N) is 1. The fraction of sp³-hybridized carbons (Fsp3) is 0.222. The Hall–Kier alpha value is -3.03. The molecule has 1 unspecified atom stereocenters. The molecule has 0 aliphatic heterocycles. The van der Waals surface area contributed by atoms with Gasteiger partial charge in [-0.25, -0.2) is 0 Å². The molecule has 1 atom stereocenters. The normalized spacial score (nSPS) is 12.3. The van der Waals surface area contributed by atoms with Crippen LogP contribution < -0.4 is 10.1 Å². The molecular formula is C18H16F3NO4. The third kappa shape index (κ3) is 6.46. The smallest absolute Gasteiger partial charge is 0.481 e. The summed E-state index contributed by atoms with van der Waals surface area (Å²) in [4.78, 5) is 23.4. The molecule has 0 aromatic heterocycles. The number of carbonyl (C=O) groups is 2. The monoisotopic (exact) mass is 367 g/mol. The number of carbonyl (C=O) groups excluding carboxylic acids is 1. The predicted molar refractivity (Wildman–Crippen MR) is 87.6 cm³/mol. The van der Waals surface area contributed by atoms with Crippen molar-refractivity contribution in [3.8, 4) is 5.75 Å². The molecule has 0 saturated heterocycles. The molecule has 0 aliphatic rings. The van der Waals surface area contributed by atoms with Gasteiger partial charge in [-0.15, -0.1) is 13.2 Å². The maximum absolute atomic E-state index is 12.1. The van der Waals surface area contributed by atoms with Gasteiger partial charge in [-0.3, -0.25) is 9.59 Å². The standard InChI is InChI=1S/C18H16F3NO4/c19-18(20,21)26-15-8-6-14(7-9-15)22-16(23)11-13(17(24)25)10-12-4-2-1-3-5-12/h1-9,13H,10-11H2,(H,22,23)(H,24,25). The van der Waals surface area contributed by atoms with Gasteiger partial charge in [-0.1, -0.05) is 30.3 Å². The van der Waals surface area contributed by atoms with Crippen molar-refractivity contribution in [3.05, 3.63) is 60.2 Å². The molecule has 2 aromatic rings. The molecule has 0 spiro atoms. The highest BCUT2D eigenvalue weighted by molar-refractivity contribution is 5.93. The van der Waals surface area contributed by atoms with Crippen molar-refractivity contribution in [2.24, 2.45) is 5.92 Å². The van der Waals surface area contributed by atoms with Crippen LogP contribution in [0.4, 0.5) is 18.9 Å². The number of carboxylic acid groups (broad SMARTS) is 1. The molecule has 0 bridgehead atoms. The van der Waals surface area contributed by atoms with Crippen LogP contribution in [0.2, 0.25) is 0 Å². The number of halogens is 3. The average molecular weight is 367 g/mol. The summed E-state index contributed by atoms with van der Waals surface area (Å²) in [6, 6.07) is 13.5. The summed E-state index contributed by atoms with van der Waals surface area (Å²) in [5, 5.41) is 11.8. The van der Waals surface area contributed by atoms with E-state index < -0.39 is 29.9 Å². The summed E-state index contributed by atoms with van der Waals surface area (Å²) >= 11 is 0. The number of amides is 1. The van der Waals surface area contributed by atoms with Crippen LogP contribution in [0, 0.1) is 5.92 Å². The van der Waals surface area contributed by atoms with Gasteiger partial charge in [0, 0.05) is 12.1 Å². The van der Waals surface area contributed by atoms with E-state index in [4.69, 9.17) is 0 Å². The Morgan fingerprint density at radius 2 is 1.65 bits per heavy atom. The van der Waals surface area contributed by atoms with Gasteiger partial charge in [-0.2, -0.15) is 0 Å². The first kappa shape index (κ1) is 19.3. The van der Waals surface area contributed by atoms with Gasteiger partial charge in [-0.05, 0) is 36.2 Å². The summed E-state index contributed by atoms with van der Waals surface area (Å²) in [5.74, 6) is -2.97. The van der Waals surface area contributed by atoms with E-state index in [0.29, 0.717) is 0 Å². The molecule has 5 nitrogen and oxygen atoms in total. The average Bonchev–Trinajstić information content (AvgIpc) is 2.55. The van der Waals surface area contributed by atoms with Gasteiger partial charge >= 0.3 is 12.3 Å². The number of rotatable bonds is 7. The number of aliphatic carboxylic acids is 1. The molecule has 0 saturated carbocycles. The minimum atomic E-state index is -4.79. The van der Waals surface area contributed by atoms with Crippen molar-refractivity contribution >= 4 is 17.6 Å². The van der Waals surface area contributed by atoms with Crippen molar-refractivity contribution in [1.82, 2.24) is 0 Å². The van der Waals surface area contributed by atoms with Crippen molar-refractivity contribution in [3.63, 3.8) is 0 Å². The highest BCUT2D eigenvalue weighted by Crippen LogP contribution is 2.24. The zero-order chi connectivity index (χ0) is 19.2. The summed E-state index contributed by atoms with van der Waals surface area (Å²) in [6.45, 7) is 0. The Morgan fingerprint density at radius 3 is 2.19 bits per heavy atom. The van der Waals surface area contributed by atoms with E-state index in [1.54, 1.807) is 30.3 Å². The number of hydrogen-bond acceptors (Lipinski definition) is 3. The Labute approximate surface area is 147 Å². The SMILES string of the molecule is O=C(CC(Cc1ccccc1)C(=O)O)Nc1ccc(OC(F)(F)F)cc1. The topological polar surface area (TPSA) is 75.6 Å². The van der Waals surface area contributed by atoms with Gasteiger partial charge in [0.2, 0.25) is 5.91 Å². The highest BCUT2D eigenvalue weighted by Gasteiger charge is 2.31. The molecule has 0 fully saturated rings. The van der Waals surface area contributed by atoms with Gasteiger partial charge in [0.05, 0.1) is 5.92 Å². The molecule has 2 N–H and O–H groups in total. The van der Waals surface area contributed by atoms with Crippen LogP contribution in [0.3, 0.4) is 0 Å². The summed E-state index contributed by atoms with van der Waals surface area (Å²) < 4.78 is 40.0. The summed E-state index contributed by atoms with van der Waals surface area (Å²) in [6.07, 6.45) is -4.86. The van der Waals surface area contributed by atoms with Gasteiger partial charge in [0.25, 0.3) is 0 Å². The highest BCUT2D eigenvalue weighted by atomic mass is 19.4. The van der Waals surface area contributed by atoms with E-state index in [1.165, 1.54) is 12.1 Å². The van der Waals surface area contributed by atoms with Gasteiger partial charge in [0.1, 0.15) is 5.75 Å². The lowest BCUT2D eigenvalue weighted by atomic mass is 9.96. The molecule has 1 amide bonds. The fourth-order valence-electron chi connectivity index (χ4n) is 2.32. The third-order valence-electron chi connectivity index (χ3n) is 3.48. The van der Waals surface area contributed by atoms with Crippen LogP contribution in [0.1, 0.15) is 12.0 Å². The molecule has 8 heteroatoms. The van der Waals surface area contributed by atoms with E-state index in [9.17, 15) is 27.9 Å². The van der Waals surface area contributed by atoms with E-state index in [0.717, 1.165) is 17.7 Å². The Kier molecular flexibility index (Phi) is 6.21. The first-order valence-corrected chi connectivity index (χ1v) is 7.65. The number of carboxylic acids is 1. The summed E-state index contributed by atoms with van der Waals surface area (Å²) in [7, 11) is 0. The van der Waals surface area contributed by atoms with E-state index in [-0.39, 0.29) is 18.5 Å². The molecule has 26 heavy (non-hydrogen) atoms. The number of alkyl halides is 3. The Balaban J connectivity index is 1.94. The van der Waals surface area contributed by atoms with Crippen LogP contribution in [0.5, 0.6) is 5.75 Å². The second kappa shape index (κ2) is 8.37. The van der Waals surface area contributed by atoms with Crippen LogP contribution in [0.25, 0.3) is 0 Å². The van der Waals surface area contributed by atoms with E-state index in [1.807, 2.05) is 0 Å². The first-order valence-electron chi connectivity index (χ1n) is 7.65. The maximum atomic E-state index is 12.1. The second-order valence-electron chi connectivity index (χ2n) is 5.55. The molecule has 138 valence electrons. The lowest BCUT2D eigenvalue weighted by Gasteiger charge is -2.13. The molecular weight excluding hydrogens is 351 g/mol. The van der Waals surface area contributed by atoms with Gasteiger partial charge in [0.15, 0.2) is 0 Å². The number of ether oxygens (including phenoxy) is 1. The predicted octanol–water partition coefficient (Wildman–Crippen LogP) is 3.86. The van der Waals surface area contributed by atoms with Crippen molar-refractivity contribution < 1.29 is 32.6 Å². The van der Waals surface area contributed by atoms with Crippen molar-refractivity contribution in [1.29, 1.82) is 0 Å². The number of benzene rings is 2. The van der Waals surface area contributed by atoms with Gasteiger partial charge < -0.3 is 15.2 Å². The molecule has 0 heterocycles. The first-order chi connectivity index (χ1) is 12.2. The van der Waals surface area contributed by atoms with Crippen LogP contribution in [-0.2, 0) is 16.0 Å². The zero-order valence-corrected chi connectivity index (χ0v) is 13.5. The molecule has 0 radical (unpaired) electrons. The molecule has 2 aromatic carbocycles. The third-order valence-corrected chi connectivity index (χ3v) is 3.48. The van der Waals surface area contributed by atoms with E-state index >= 15 is 0 Å². The van der Waals surface area contributed by atoms with E-state index in [2.05, 4.69) is 10.1 Å². The van der Waals surface area contributed by atoms with Crippen molar-refractivity contribution in [2.75, 3.05) is 5.32 Å². The quantitative estimate of drug-likeness (QED) is 0.779. The lowest BCUT2D eigenvalue weighted by Crippen LogP contribution is -2.24. The Bertz CT molecular complexity index is 745. The number of anilines is 1. The van der Waals surface area contributed by atoms with Crippen LogP contribution in [0.15, 0.2) is 54.6 Å².